The Morgan fingerprint density at radius 2 is 0.662 bits per heavy atom. The fraction of sp³-hybridized carbons (Fsp3) is 0.467. The standard InChI is InChI=1S/C60H77ClN4O6/c1-3-5-7-9-11-13-15-17-19-21-23-25-45-68-54-39-35-52(36-40-54)64-62-50-31-27-48(28-32-50)59(66)70-56-43-44-57(61)58(47-56)71-60(67)49-29-33-51(34-30-49)63-65-53-37-41-55(42-38-53)69-46-26-24-22-20-18-16-14-12-10-8-6-4-2/h27-44,47H,3-26,45-46H2,1-2H3. The molecule has 0 aliphatic rings. The van der Waals surface area contributed by atoms with Crippen molar-refractivity contribution in [2.45, 2.75) is 168 Å². The lowest BCUT2D eigenvalue weighted by atomic mass is 10.1. The molecule has 0 atom stereocenters. The van der Waals surface area contributed by atoms with Crippen LogP contribution in [0.4, 0.5) is 22.7 Å². The lowest BCUT2D eigenvalue weighted by Crippen LogP contribution is -2.10. The monoisotopic (exact) mass is 985 g/mol. The van der Waals surface area contributed by atoms with Crippen molar-refractivity contribution in [2.24, 2.45) is 20.5 Å². The molecule has 10 nitrogen and oxygen atoms in total. The van der Waals surface area contributed by atoms with Crippen LogP contribution in [-0.4, -0.2) is 25.2 Å². The van der Waals surface area contributed by atoms with Crippen LogP contribution in [0.15, 0.2) is 136 Å². The van der Waals surface area contributed by atoms with Crippen LogP contribution in [0.3, 0.4) is 0 Å². The molecule has 5 aromatic carbocycles. The predicted molar refractivity (Wildman–Crippen MR) is 289 cm³/mol. The van der Waals surface area contributed by atoms with Crippen LogP contribution in [0.1, 0.15) is 189 Å². The van der Waals surface area contributed by atoms with Crippen molar-refractivity contribution in [1.82, 2.24) is 0 Å². The number of unbranched alkanes of at least 4 members (excludes halogenated alkanes) is 22. The van der Waals surface area contributed by atoms with Gasteiger partial charge < -0.3 is 18.9 Å². The van der Waals surface area contributed by atoms with Gasteiger partial charge in [-0.25, -0.2) is 9.59 Å². The molecule has 0 saturated carbocycles. The summed E-state index contributed by atoms with van der Waals surface area (Å²) < 4.78 is 23.1. The third kappa shape index (κ3) is 23.3. The maximum absolute atomic E-state index is 13.1. The number of ether oxygens (including phenoxy) is 4. The summed E-state index contributed by atoms with van der Waals surface area (Å²) in [4.78, 5) is 26.1. The number of nitrogens with zero attached hydrogens (tertiary/aromatic N) is 4. The number of halogens is 1. The largest absolute Gasteiger partial charge is 0.494 e. The van der Waals surface area contributed by atoms with E-state index in [4.69, 9.17) is 30.5 Å². The molecule has 0 aliphatic heterocycles. The number of hydrogen-bond donors (Lipinski definition) is 0. The number of rotatable bonds is 36. The smallest absolute Gasteiger partial charge is 0.343 e. The molecule has 0 saturated heterocycles. The van der Waals surface area contributed by atoms with E-state index in [1.54, 1.807) is 48.5 Å². The number of carbonyl (C=O) groups excluding carboxylic acids is 2. The highest BCUT2D eigenvalue weighted by Crippen LogP contribution is 2.31. The highest BCUT2D eigenvalue weighted by molar-refractivity contribution is 6.32. The van der Waals surface area contributed by atoms with Crippen LogP contribution < -0.4 is 18.9 Å². The molecule has 0 amide bonds. The van der Waals surface area contributed by atoms with Crippen molar-refractivity contribution in [3.63, 3.8) is 0 Å². The Kier molecular flexibility index (Phi) is 27.2. The number of carbonyl (C=O) groups is 2. The average Bonchev–Trinajstić information content (AvgIpc) is 3.39. The molecule has 0 fully saturated rings. The Balaban J connectivity index is 0.961. The molecular formula is C60H77ClN4O6. The average molecular weight is 986 g/mol. The summed E-state index contributed by atoms with van der Waals surface area (Å²) in [5.41, 5.74) is 3.08. The lowest BCUT2D eigenvalue weighted by Gasteiger charge is -2.09. The first kappa shape index (κ1) is 56.0. The van der Waals surface area contributed by atoms with Gasteiger partial charge in [0.1, 0.15) is 17.2 Å². The first-order chi connectivity index (χ1) is 34.9. The summed E-state index contributed by atoms with van der Waals surface area (Å²) >= 11 is 6.37. The second-order valence-corrected chi connectivity index (χ2v) is 18.7. The SMILES string of the molecule is CCCCCCCCCCCCCCOc1ccc(N=Nc2ccc(C(=O)Oc3ccc(Cl)c(OC(=O)c4ccc(N=Nc5ccc(OCCCCCCCCCCCCCC)cc5)cc4)c3)cc2)cc1. The molecule has 0 heterocycles. The first-order valence-electron chi connectivity index (χ1n) is 26.6. The van der Waals surface area contributed by atoms with Crippen LogP contribution in [0.25, 0.3) is 0 Å². The Hall–Kier alpha value is -5.87. The Morgan fingerprint density at radius 3 is 1.01 bits per heavy atom. The second kappa shape index (κ2) is 34.5. The third-order valence-corrected chi connectivity index (χ3v) is 12.6. The van der Waals surface area contributed by atoms with E-state index in [1.165, 1.54) is 159 Å². The van der Waals surface area contributed by atoms with Gasteiger partial charge in [-0.3, -0.25) is 0 Å². The molecule has 11 heteroatoms. The minimum atomic E-state index is -0.642. The van der Waals surface area contributed by atoms with E-state index >= 15 is 0 Å². The molecule has 380 valence electrons. The molecule has 0 spiro atoms. The Morgan fingerprint density at radius 1 is 0.366 bits per heavy atom. The maximum Gasteiger partial charge on any atom is 0.343 e. The van der Waals surface area contributed by atoms with Gasteiger partial charge in [0, 0.05) is 6.07 Å². The molecule has 0 N–H and O–H groups in total. The van der Waals surface area contributed by atoms with E-state index in [1.807, 2.05) is 48.5 Å². The second-order valence-electron chi connectivity index (χ2n) is 18.3. The topological polar surface area (TPSA) is 121 Å². The van der Waals surface area contributed by atoms with Gasteiger partial charge >= 0.3 is 11.9 Å². The molecule has 0 aromatic heterocycles. The van der Waals surface area contributed by atoms with Crippen molar-refractivity contribution in [3.8, 4) is 23.0 Å². The summed E-state index contributed by atoms with van der Waals surface area (Å²) in [6, 6.07) is 32.6. The molecule has 0 radical (unpaired) electrons. The number of benzene rings is 5. The molecule has 0 unspecified atom stereocenters. The van der Waals surface area contributed by atoms with Crippen molar-refractivity contribution >= 4 is 46.3 Å². The van der Waals surface area contributed by atoms with Crippen LogP contribution in [-0.2, 0) is 0 Å². The van der Waals surface area contributed by atoms with Gasteiger partial charge in [-0.2, -0.15) is 20.5 Å². The van der Waals surface area contributed by atoms with E-state index in [0.717, 1.165) is 24.3 Å². The van der Waals surface area contributed by atoms with E-state index in [2.05, 4.69) is 34.3 Å². The number of azo groups is 2. The third-order valence-electron chi connectivity index (χ3n) is 12.3. The zero-order chi connectivity index (χ0) is 50.0. The zero-order valence-electron chi connectivity index (χ0n) is 42.5. The summed E-state index contributed by atoms with van der Waals surface area (Å²) in [6.45, 7) is 5.94. The Labute approximate surface area is 429 Å². The predicted octanol–water partition coefficient (Wildman–Crippen LogP) is 19.8. The molecule has 0 bridgehead atoms. The first-order valence-corrected chi connectivity index (χ1v) is 27.0. The molecule has 71 heavy (non-hydrogen) atoms. The van der Waals surface area contributed by atoms with Gasteiger partial charge in [0.2, 0.25) is 0 Å². The highest BCUT2D eigenvalue weighted by Gasteiger charge is 2.15. The molecular weight excluding hydrogens is 908 g/mol. The lowest BCUT2D eigenvalue weighted by molar-refractivity contribution is 0.0732. The summed E-state index contributed by atoms with van der Waals surface area (Å²) in [5, 5.41) is 17.5. The van der Waals surface area contributed by atoms with Gasteiger partial charge in [0.15, 0.2) is 5.75 Å². The maximum atomic E-state index is 13.1. The van der Waals surface area contributed by atoms with Crippen LogP contribution >= 0.6 is 11.6 Å². The van der Waals surface area contributed by atoms with Gasteiger partial charge in [-0.1, -0.05) is 167 Å². The van der Waals surface area contributed by atoms with Crippen LogP contribution in [0.2, 0.25) is 5.02 Å². The quantitative estimate of drug-likeness (QED) is 0.0171. The van der Waals surface area contributed by atoms with E-state index in [9.17, 15) is 9.59 Å². The summed E-state index contributed by atoms with van der Waals surface area (Å²) in [6.07, 6.45) is 31.6. The number of esters is 2. The van der Waals surface area contributed by atoms with Crippen molar-refractivity contribution in [2.75, 3.05) is 13.2 Å². The Bertz CT molecular complexity index is 2300. The minimum absolute atomic E-state index is 0.0437. The van der Waals surface area contributed by atoms with Crippen molar-refractivity contribution in [1.29, 1.82) is 0 Å². The van der Waals surface area contributed by atoms with Crippen molar-refractivity contribution in [3.05, 3.63) is 131 Å². The molecule has 0 aliphatic carbocycles. The van der Waals surface area contributed by atoms with Gasteiger partial charge in [0.25, 0.3) is 0 Å². The van der Waals surface area contributed by atoms with E-state index in [-0.39, 0.29) is 22.1 Å². The summed E-state index contributed by atoms with van der Waals surface area (Å²) in [5.74, 6) is 0.578. The van der Waals surface area contributed by atoms with E-state index < -0.39 is 11.9 Å². The van der Waals surface area contributed by atoms with E-state index in [0.29, 0.717) is 41.5 Å². The van der Waals surface area contributed by atoms with Crippen LogP contribution in [0, 0.1) is 0 Å². The number of hydrogen-bond acceptors (Lipinski definition) is 10. The fourth-order valence-corrected chi connectivity index (χ4v) is 8.15. The summed E-state index contributed by atoms with van der Waals surface area (Å²) in [7, 11) is 0. The normalized spacial score (nSPS) is 11.4. The fourth-order valence-electron chi connectivity index (χ4n) is 7.99. The minimum Gasteiger partial charge on any atom is -0.494 e. The molecule has 5 rings (SSSR count). The van der Waals surface area contributed by atoms with Gasteiger partial charge in [-0.15, -0.1) is 0 Å². The van der Waals surface area contributed by atoms with Crippen molar-refractivity contribution < 1.29 is 28.5 Å². The molecule has 5 aromatic rings. The highest BCUT2D eigenvalue weighted by atomic mass is 35.5. The van der Waals surface area contributed by atoms with Crippen LogP contribution in [0.5, 0.6) is 23.0 Å². The van der Waals surface area contributed by atoms with Gasteiger partial charge in [0.05, 0.1) is 52.1 Å². The zero-order valence-corrected chi connectivity index (χ0v) is 43.2. The van der Waals surface area contributed by atoms with Gasteiger partial charge in [-0.05, 0) is 122 Å².